The molecule has 3 N–H and O–H groups in total. The molecule has 0 aromatic heterocycles. The minimum atomic E-state index is -1.40. The van der Waals surface area contributed by atoms with E-state index in [1.807, 2.05) is 50.2 Å². The van der Waals surface area contributed by atoms with Crippen LogP contribution in [-0.2, 0) is 36.7 Å². The molecule has 49 heavy (non-hydrogen) atoms. The average Bonchev–Trinajstić information content (AvgIpc) is 3.00. The number of amides is 3. The van der Waals surface area contributed by atoms with Crippen LogP contribution in [0.4, 0.5) is 4.79 Å². The van der Waals surface area contributed by atoms with E-state index < -0.39 is 53.2 Å². The van der Waals surface area contributed by atoms with Crippen molar-refractivity contribution in [2.24, 2.45) is 0 Å². The quantitative estimate of drug-likeness (QED) is 0.136. The molecule has 3 rings (SSSR count). The fraction of sp³-hybridized carbons (Fsp3) is 0.385. The van der Waals surface area contributed by atoms with Crippen LogP contribution in [0.5, 0.6) is 5.75 Å². The van der Waals surface area contributed by atoms with Crippen molar-refractivity contribution in [1.82, 2.24) is 15.5 Å². The van der Waals surface area contributed by atoms with E-state index in [0.717, 1.165) is 16.0 Å². The summed E-state index contributed by atoms with van der Waals surface area (Å²) < 4.78 is 11.1. The van der Waals surface area contributed by atoms with E-state index in [9.17, 15) is 24.3 Å². The van der Waals surface area contributed by atoms with Crippen molar-refractivity contribution in [3.63, 3.8) is 0 Å². The zero-order chi connectivity index (χ0) is 36.5. The van der Waals surface area contributed by atoms with Crippen molar-refractivity contribution in [3.05, 3.63) is 101 Å². The molecular weight excluding hydrogens is 622 g/mol. The zero-order valence-corrected chi connectivity index (χ0v) is 29.5. The number of nitrogens with zero attached hydrogens (tertiary/aromatic N) is 1. The minimum Gasteiger partial charge on any atom is -0.508 e. The first kappa shape index (κ1) is 38.2. The molecule has 0 heterocycles. The Morgan fingerprint density at radius 2 is 1.35 bits per heavy atom. The van der Waals surface area contributed by atoms with Crippen molar-refractivity contribution in [3.8, 4) is 18.2 Å². The second kappa shape index (κ2) is 16.2. The lowest BCUT2D eigenvalue weighted by molar-refractivity contribution is -0.159. The number of hydrogen-bond acceptors (Lipinski definition) is 7. The topological polar surface area (TPSA) is 134 Å². The van der Waals surface area contributed by atoms with Gasteiger partial charge in [0.05, 0.1) is 0 Å². The highest BCUT2D eigenvalue weighted by Gasteiger charge is 2.39. The number of phenolic OH excluding ortho intramolecular Hbond substituents is 1. The fourth-order valence-electron chi connectivity index (χ4n) is 5.09. The number of hydrogen-bond donors (Lipinski definition) is 3. The van der Waals surface area contributed by atoms with Gasteiger partial charge in [0.15, 0.2) is 0 Å². The number of nitrogens with one attached hydrogen (secondary N) is 2. The monoisotopic (exact) mass is 669 g/mol. The molecule has 0 aliphatic rings. The molecule has 0 saturated carbocycles. The van der Waals surface area contributed by atoms with Gasteiger partial charge < -0.3 is 25.2 Å². The molecule has 3 amide bonds. The molecular formula is C39H47N3O7. The molecule has 0 radical (unpaired) electrons. The number of carbonyl (C=O) groups is 4. The maximum absolute atomic E-state index is 14.5. The Kier molecular flexibility index (Phi) is 12.6. The van der Waals surface area contributed by atoms with Crippen LogP contribution in [0.1, 0.15) is 75.4 Å². The molecule has 3 aromatic carbocycles. The summed E-state index contributed by atoms with van der Waals surface area (Å²) >= 11 is 0. The van der Waals surface area contributed by atoms with E-state index in [1.54, 1.807) is 65.8 Å². The van der Waals surface area contributed by atoms with Crippen LogP contribution in [0.2, 0.25) is 0 Å². The maximum atomic E-state index is 14.5. The molecule has 0 aliphatic heterocycles. The van der Waals surface area contributed by atoms with Gasteiger partial charge >= 0.3 is 12.1 Å². The Balaban J connectivity index is 2.10. The Hall–Kier alpha value is -5.30. The first-order valence-electron chi connectivity index (χ1n) is 16.1. The number of benzene rings is 3. The number of terminal acetylenes is 1. The van der Waals surface area contributed by atoms with Gasteiger partial charge in [-0.1, -0.05) is 67.1 Å². The molecule has 0 aliphatic carbocycles. The molecule has 260 valence electrons. The lowest BCUT2D eigenvalue weighted by Crippen LogP contribution is -2.54. The van der Waals surface area contributed by atoms with Gasteiger partial charge in [0.1, 0.15) is 35.1 Å². The number of aryl methyl sites for hydroxylation is 1. The van der Waals surface area contributed by atoms with Crippen LogP contribution >= 0.6 is 0 Å². The number of aromatic hydroxyl groups is 1. The minimum absolute atomic E-state index is 0.0266. The third kappa shape index (κ3) is 11.4. The van der Waals surface area contributed by atoms with E-state index in [0.29, 0.717) is 16.7 Å². The van der Waals surface area contributed by atoms with E-state index in [1.165, 1.54) is 12.1 Å². The van der Waals surface area contributed by atoms with E-state index in [-0.39, 0.29) is 18.6 Å². The zero-order valence-electron chi connectivity index (χ0n) is 29.5. The molecule has 0 fully saturated rings. The maximum Gasteiger partial charge on any atom is 0.408 e. The molecule has 10 heteroatoms. The van der Waals surface area contributed by atoms with E-state index in [4.69, 9.17) is 15.9 Å². The SMILES string of the molecule is C#CN(C(=O)C(Cc1ccc(O)cc1)NC(=O)OC(C)(C)C)C(C(=O)NC(Cc1ccccc1)C(=O)OC(C)(C)C)c1cccc(C)c1C. The predicted molar refractivity (Wildman–Crippen MR) is 187 cm³/mol. The van der Waals surface area contributed by atoms with Gasteiger partial charge in [-0.25, -0.2) is 9.59 Å². The van der Waals surface area contributed by atoms with Crippen LogP contribution in [0, 0.1) is 26.3 Å². The van der Waals surface area contributed by atoms with Gasteiger partial charge in [-0.2, -0.15) is 0 Å². The fourth-order valence-corrected chi connectivity index (χ4v) is 5.09. The molecule has 3 unspecified atom stereocenters. The summed E-state index contributed by atoms with van der Waals surface area (Å²) in [6.07, 6.45) is 5.25. The van der Waals surface area contributed by atoms with Crippen molar-refractivity contribution in [1.29, 1.82) is 0 Å². The standard InChI is InChI=1S/C39H47N3O7/c1-10-42(35(45)31(41-37(47)49-39(7,8)9)23-28-19-21-29(43)22-20-28)33(30-18-14-15-25(2)26(30)3)34(44)40-32(36(46)48-38(4,5)6)24-27-16-12-11-13-17-27/h1,11-22,31-33,43H,23-24H2,2-9H3,(H,40,44)(H,41,47). The summed E-state index contributed by atoms with van der Waals surface area (Å²) in [6, 6.07) is 19.2. The van der Waals surface area contributed by atoms with Crippen molar-refractivity contribution < 1.29 is 33.8 Å². The molecule has 0 saturated heterocycles. The van der Waals surface area contributed by atoms with Gasteiger partial charge in [-0.05, 0) is 95.3 Å². The van der Waals surface area contributed by atoms with Gasteiger partial charge in [0, 0.05) is 18.9 Å². The van der Waals surface area contributed by atoms with Gasteiger partial charge in [0.25, 0.3) is 5.91 Å². The van der Waals surface area contributed by atoms with Gasteiger partial charge in [-0.15, -0.1) is 0 Å². The number of rotatable bonds is 11. The van der Waals surface area contributed by atoms with Gasteiger partial charge in [-0.3, -0.25) is 14.5 Å². The largest absolute Gasteiger partial charge is 0.508 e. The van der Waals surface area contributed by atoms with Crippen LogP contribution in [0.3, 0.4) is 0 Å². The number of carbonyl (C=O) groups excluding carboxylic acids is 4. The van der Waals surface area contributed by atoms with Crippen molar-refractivity contribution in [2.75, 3.05) is 0 Å². The van der Waals surface area contributed by atoms with Crippen molar-refractivity contribution >= 4 is 23.9 Å². The highest BCUT2D eigenvalue weighted by Crippen LogP contribution is 2.28. The lowest BCUT2D eigenvalue weighted by atomic mass is 9.94. The third-order valence-corrected chi connectivity index (χ3v) is 7.48. The summed E-state index contributed by atoms with van der Waals surface area (Å²) in [5.41, 5.74) is 1.68. The molecule has 10 nitrogen and oxygen atoms in total. The van der Waals surface area contributed by atoms with E-state index >= 15 is 0 Å². The Labute approximate surface area is 289 Å². The van der Waals surface area contributed by atoms with Crippen LogP contribution in [0.25, 0.3) is 0 Å². The Bertz CT molecular complexity index is 1670. The average molecular weight is 670 g/mol. The number of esters is 1. The molecule has 0 bridgehead atoms. The highest BCUT2D eigenvalue weighted by molar-refractivity contribution is 5.95. The first-order valence-corrected chi connectivity index (χ1v) is 16.1. The summed E-state index contributed by atoms with van der Waals surface area (Å²) in [5.74, 6) is -2.11. The first-order chi connectivity index (χ1) is 22.9. The highest BCUT2D eigenvalue weighted by atomic mass is 16.6. The number of alkyl carbamates (subject to hydrolysis) is 1. The van der Waals surface area contributed by atoms with Crippen molar-refractivity contribution in [2.45, 2.75) is 97.6 Å². The van der Waals surface area contributed by atoms with E-state index in [2.05, 4.69) is 16.7 Å². The van der Waals surface area contributed by atoms with Crippen LogP contribution < -0.4 is 10.6 Å². The predicted octanol–water partition coefficient (Wildman–Crippen LogP) is 5.67. The summed E-state index contributed by atoms with van der Waals surface area (Å²) in [5, 5.41) is 15.3. The Morgan fingerprint density at radius 1 is 0.776 bits per heavy atom. The second-order valence-electron chi connectivity index (χ2n) is 13.9. The summed E-state index contributed by atoms with van der Waals surface area (Å²) in [7, 11) is 0. The Morgan fingerprint density at radius 3 is 1.92 bits per heavy atom. The summed E-state index contributed by atoms with van der Waals surface area (Å²) in [6.45, 7) is 13.9. The number of phenols is 1. The third-order valence-electron chi connectivity index (χ3n) is 7.48. The second-order valence-corrected chi connectivity index (χ2v) is 13.9. The molecule has 3 atom stereocenters. The molecule has 0 spiro atoms. The lowest BCUT2D eigenvalue weighted by Gasteiger charge is -2.32. The number of ether oxygens (including phenoxy) is 2. The van der Waals surface area contributed by atoms with Crippen LogP contribution in [0.15, 0.2) is 72.8 Å². The normalized spacial score (nSPS) is 13.2. The summed E-state index contributed by atoms with van der Waals surface area (Å²) in [4.78, 5) is 56.3. The van der Waals surface area contributed by atoms with Crippen LogP contribution in [-0.4, -0.2) is 57.2 Å². The molecule has 3 aromatic rings. The van der Waals surface area contributed by atoms with Gasteiger partial charge in [0.2, 0.25) is 5.91 Å². The smallest absolute Gasteiger partial charge is 0.408 e.